The molecule has 1 aromatic rings. The molecule has 0 aromatic heterocycles. The van der Waals surface area contributed by atoms with Crippen LogP contribution in [0, 0.1) is 0 Å². The second-order valence-corrected chi connectivity index (χ2v) is 5.64. The van der Waals surface area contributed by atoms with Crippen molar-refractivity contribution in [3.05, 3.63) is 35.9 Å². The molecule has 0 spiro atoms. The van der Waals surface area contributed by atoms with Gasteiger partial charge in [0.15, 0.2) is 0 Å². The van der Waals surface area contributed by atoms with Gasteiger partial charge in [0.1, 0.15) is 18.7 Å². The molecule has 0 saturated heterocycles. The summed E-state index contributed by atoms with van der Waals surface area (Å²) in [5, 5.41) is 13.9. The van der Waals surface area contributed by atoms with Gasteiger partial charge >= 0.3 is 18.0 Å². The van der Waals surface area contributed by atoms with Crippen molar-refractivity contribution < 1.29 is 38.5 Å². The number of aliphatic hydroxyl groups is 1. The zero-order chi connectivity index (χ0) is 20.9. The van der Waals surface area contributed by atoms with Crippen LogP contribution in [0.1, 0.15) is 18.4 Å². The number of aliphatic hydroxyl groups excluding tert-OH is 1. The van der Waals surface area contributed by atoms with Gasteiger partial charge in [0.2, 0.25) is 5.91 Å². The number of nitrogens with one attached hydrogen (secondary N) is 2. The van der Waals surface area contributed by atoms with E-state index in [9.17, 15) is 24.3 Å². The fourth-order valence-electron chi connectivity index (χ4n) is 2.13. The van der Waals surface area contributed by atoms with Gasteiger partial charge in [-0.2, -0.15) is 0 Å². The Labute approximate surface area is 162 Å². The van der Waals surface area contributed by atoms with Crippen LogP contribution in [0.2, 0.25) is 0 Å². The van der Waals surface area contributed by atoms with E-state index in [0.717, 1.165) is 12.7 Å². The summed E-state index contributed by atoms with van der Waals surface area (Å²) >= 11 is 0. The van der Waals surface area contributed by atoms with Crippen molar-refractivity contribution in [3.63, 3.8) is 0 Å². The molecule has 3 N–H and O–H groups in total. The molecule has 0 aliphatic carbocycles. The van der Waals surface area contributed by atoms with Crippen LogP contribution in [0.25, 0.3) is 0 Å². The summed E-state index contributed by atoms with van der Waals surface area (Å²) in [5.74, 6) is -2.18. The van der Waals surface area contributed by atoms with Crippen LogP contribution in [0.4, 0.5) is 4.79 Å². The zero-order valence-electron chi connectivity index (χ0n) is 15.7. The van der Waals surface area contributed by atoms with Gasteiger partial charge in [-0.05, 0) is 12.0 Å². The lowest BCUT2D eigenvalue weighted by Crippen LogP contribution is -2.53. The monoisotopic (exact) mass is 396 g/mol. The number of ether oxygens (including phenoxy) is 3. The lowest BCUT2D eigenvalue weighted by Gasteiger charge is -2.20. The molecule has 0 fully saturated rings. The zero-order valence-corrected chi connectivity index (χ0v) is 15.7. The van der Waals surface area contributed by atoms with E-state index in [1.54, 1.807) is 24.3 Å². The van der Waals surface area contributed by atoms with Crippen LogP contribution in [0.15, 0.2) is 30.3 Å². The summed E-state index contributed by atoms with van der Waals surface area (Å²) in [5.41, 5.74) is 0.746. The summed E-state index contributed by atoms with van der Waals surface area (Å²) in [6, 6.07) is 6.39. The van der Waals surface area contributed by atoms with Crippen LogP contribution in [-0.2, 0) is 35.2 Å². The number of methoxy groups -OCH3 is 2. The van der Waals surface area contributed by atoms with Crippen molar-refractivity contribution >= 4 is 23.9 Å². The molecule has 0 radical (unpaired) electrons. The van der Waals surface area contributed by atoms with E-state index >= 15 is 0 Å². The number of amides is 2. The highest BCUT2D eigenvalue weighted by Gasteiger charge is 2.27. The largest absolute Gasteiger partial charge is 0.469 e. The number of benzene rings is 1. The number of hydrogen-bond acceptors (Lipinski definition) is 8. The van der Waals surface area contributed by atoms with Gasteiger partial charge in [0.05, 0.1) is 20.8 Å². The summed E-state index contributed by atoms with van der Waals surface area (Å²) in [6.07, 6.45) is -1.11. The van der Waals surface area contributed by atoms with Crippen LogP contribution in [-0.4, -0.2) is 62.0 Å². The number of alkyl carbamates (subject to hydrolysis) is 1. The van der Waals surface area contributed by atoms with Crippen molar-refractivity contribution in [1.29, 1.82) is 0 Å². The van der Waals surface area contributed by atoms with Gasteiger partial charge in [0, 0.05) is 6.42 Å². The standard InChI is InChI=1S/C18H24N2O8/c1-26-15(22)9-8-13(17(24)27-2)19-16(23)14(10-21)20-18(25)28-11-12-6-4-3-5-7-12/h3-7,13-14,21H,8-11H2,1-2H3,(H,19,23)(H,20,25)/t13-,14-/m0/s1. The quantitative estimate of drug-likeness (QED) is 0.367. The van der Waals surface area contributed by atoms with E-state index in [-0.39, 0.29) is 19.4 Å². The molecule has 0 saturated carbocycles. The average Bonchev–Trinajstić information content (AvgIpc) is 2.72. The van der Waals surface area contributed by atoms with Crippen molar-refractivity contribution in [2.75, 3.05) is 20.8 Å². The molecule has 0 unspecified atom stereocenters. The van der Waals surface area contributed by atoms with E-state index in [1.165, 1.54) is 7.11 Å². The Balaban J connectivity index is 2.59. The molecular formula is C18H24N2O8. The van der Waals surface area contributed by atoms with E-state index < -0.39 is 42.6 Å². The Bertz CT molecular complexity index is 665. The van der Waals surface area contributed by atoms with Crippen molar-refractivity contribution in [3.8, 4) is 0 Å². The van der Waals surface area contributed by atoms with E-state index in [0.29, 0.717) is 0 Å². The molecule has 1 aromatic carbocycles. The SMILES string of the molecule is COC(=O)CC[C@H](NC(=O)[C@H](CO)NC(=O)OCc1ccccc1)C(=O)OC. The number of hydrogen-bond donors (Lipinski definition) is 3. The molecular weight excluding hydrogens is 372 g/mol. The van der Waals surface area contributed by atoms with Crippen molar-refractivity contribution in [1.82, 2.24) is 10.6 Å². The third-order valence-electron chi connectivity index (χ3n) is 3.67. The van der Waals surface area contributed by atoms with Crippen molar-refractivity contribution in [2.24, 2.45) is 0 Å². The highest BCUT2D eigenvalue weighted by molar-refractivity contribution is 5.90. The van der Waals surface area contributed by atoms with Crippen LogP contribution < -0.4 is 10.6 Å². The lowest BCUT2D eigenvalue weighted by atomic mass is 10.1. The predicted octanol–water partition coefficient (Wildman–Crippen LogP) is -0.115. The second-order valence-electron chi connectivity index (χ2n) is 5.64. The Hall–Kier alpha value is -3.14. The number of carbonyl (C=O) groups is 4. The maximum absolute atomic E-state index is 12.3. The molecule has 2 atom stereocenters. The van der Waals surface area contributed by atoms with E-state index in [1.807, 2.05) is 6.07 Å². The maximum atomic E-state index is 12.3. The predicted molar refractivity (Wildman–Crippen MR) is 95.8 cm³/mol. The molecule has 1 rings (SSSR count). The normalized spacial score (nSPS) is 12.2. The number of rotatable bonds is 10. The minimum absolute atomic E-state index is 0.0175. The van der Waals surface area contributed by atoms with Crippen LogP contribution in [0.3, 0.4) is 0 Å². The van der Waals surface area contributed by atoms with Gasteiger partial charge in [0.25, 0.3) is 0 Å². The summed E-state index contributed by atoms with van der Waals surface area (Å²) < 4.78 is 14.1. The van der Waals surface area contributed by atoms with Gasteiger partial charge in [-0.25, -0.2) is 9.59 Å². The van der Waals surface area contributed by atoms with Gasteiger partial charge in [-0.15, -0.1) is 0 Å². The first-order valence-electron chi connectivity index (χ1n) is 8.44. The average molecular weight is 396 g/mol. The lowest BCUT2D eigenvalue weighted by molar-refractivity contribution is -0.146. The highest BCUT2D eigenvalue weighted by Crippen LogP contribution is 2.03. The molecule has 28 heavy (non-hydrogen) atoms. The van der Waals surface area contributed by atoms with Crippen molar-refractivity contribution in [2.45, 2.75) is 31.5 Å². The fourth-order valence-corrected chi connectivity index (χ4v) is 2.13. The third kappa shape index (κ3) is 8.04. The second kappa shape index (κ2) is 12.3. The minimum Gasteiger partial charge on any atom is -0.469 e. The summed E-state index contributed by atoms with van der Waals surface area (Å²) in [6.45, 7) is -0.743. The maximum Gasteiger partial charge on any atom is 0.408 e. The Kier molecular flexibility index (Phi) is 10.0. The molecule has 2 amide bonds. The molecule has 0 aliphatic heterocycles. The van der Waals surface area contributed by atoms with Gasteiger partial charge in [-0.1, -0.05) is 30.3 Å². The summed E-state index contributed by atoms with van der Waals surface area (Å²) in [7, 11) is 2.32. The molecule has 154 valence electrons. The first kappa shape index (κ1) is 22.9. The molecule has 0 heterocycles. The smallest absolute Gasteiger partial charge is 0.408 e. The first-order valence-corrected chi connectivity index (χ1v) is 8.44. The Morgan fingerprint density at radius 3 is 2.25 bits per heavy atom. The Morgan fingerprint density at radius 2 is 1.68 bits per heavy atom. The third-order valence-corrected chi connectivity index (χ3v) is 3.67. The molecule has 10 heteroatoms. The number of carbonyl (C=O) groups excluding carboxylic acids is 4. The van der Waals surface area contributed by atoms with Gasteiger partial charge in [-0.3, -0.25) is 9.59 Å². The number of esters is 2. The van der Waals surface area contributed by atoms with Crippen LogP contribution in [0.5, 0.6) is 0 Å². The fraction of sp³-hybridized carbons (Fsp3) is 0.444. The Morgan fingerprint density at radius 1 is 1.00 bits per heavy atom. The summed E-state index contributed by atoms with van der Waals surface area (Å²) in [4.78, 5) is 47.1. The minimum atomic E-state index is -1.35. The van der Waals surface area contributed by atoms with Gasteiger partial charge < -0.3 is 30.0 Å². The molecule has 10 nitrogen and oxygen atoms in total. The first-order chi connectivity index (χ1) is 13.4. The topological polar surface area (TPSA) is 140 Å². The molecule has 0 bridgehead atoms. The molecule has 0 aliphatic rings. The highest BCUT2D eigenvalue weighted by atomic mass is 16.5. The van der Waals surface area contributed by atoms with Crippen LogP contribution >= 0.6 is 0 Å². The van der Waals surface area contributed by atoms with E-state index in [2.05, 4.69) is 20.1 Å². The van der Waals surface area contributed by atoms with E-state index in [4.69, 9.17) is 4.74 Å².